The molecule has 1 aromatic rings. The molecule has 0 heterocycles. The Kier molecular flexibility index (Phi) is 6.21. The minimum Gasteiger partial charge on any atom is -0.465 e. The number of nitrogens with two attached hydrogens (primary N) is 1. The summed E-state index contributed by atoms with van der Waals surface area (Å²) in [5, 5.41) is 3.40. The lowest BCUT2D eigenvalue weighted by Crippen LogP contribution is -2.56. The fourth-order valence-electron chi connectivity index (χ4n) is 2.10. The second kappa shape index (κ2) is 7.67. The van der Waals surface area contributed by atoms with E-state index in [-0.39, 0.29) is 6.41 Å². The van der Waals surface area contributed by atoms with Crippen LogP contribution in [-0.4, -0.2) is 43.0 Å². The first-order chi connectivity index (χ1) is 10.4. The molecule has 3 N–H and O–H groups in total. The number of carbonyl (C=O) groups excluding carboxylic acids is 3. The van der Waals surface area contributed by atoms with Crippen molar-refractivity contribution in [3.63, 3.8) is 0 Å². The van der Waals surface area contributed by atoms with Crippen LogP contribution < -0.4 is 11.2 Å². The second-order valence-corrected chi connectivity index (χ2v) is 5.05. The van der Waals surface area contributed by atoms with Crippen LogP contribution in [0.25, 0.3) is 0 Å². The van der Waals surface area contributed by atoms with Gasteiger partial charge in [0.2, 0.25) is 6.41 Å². The Morgan fingerprint density at radius 3 is 2.59 bits per heavy atom. The molecule has 1 aromatic carbocycles. The van der Waals surface area contributed by atoms with Gasteiger partial charge in [-0.1, -0.05) is 18.2 Å². The lowest BCUT2D eigenvalue weighted by atomic mass is 9.90. The van der Waals surface area contributed by atoms with Gasteiger partial charge in [0.1, 0.15) is 0 Å². The zero-order valence-corrected chi connectivity index (χ0v) is 13.0. The average Bonchev–Trinajstić information content (AvgIpc) is 2.57. The fraction of sp³-hybridized carbons (Fsp3) is 0.400. The molecule has 7 nitrogen and oxygen atoms in total. The Morgan fingerprint density at radius 1 is 1.41 bits per heavy atom. The van der Waals surface area contributed by atoms with E-state index in [1.165, 1.54) is 7.11 Å². The summed E-state index contributed by atoms with van der Waals surface area (Å²) in [6.45, 7) is 1.65. The number of imide groups is 1. The van der Waals surface area contributed by atoms with Crippen molar-refractivity contribution in [2.24, 2.45) is 5.84 Å². The molecule has 2 amide bonds. The van der Waals surface area contributed by atoms with E-state index in [9.17, 15) is 14.4 Å². The normalized spacial score (nSPS) is 13.1. The first-order valence-corrected chi connectivity index (χ1v) is 6.78. The van der Waals surface area contributed by atoms with E-state index in [1.54, 1.807) is 38.2 Å². The summed E-state index contributed by atoms with van der Waals surface area (Å²) in [6, 6.07) is 7.01. The molecule has 0 saturated carbocycles. The van der Waals surface area contributed by atoms with Gasteiger partial charge < -0.3 is 10.1 Å². The number of amides is 2. The molecule has 0 radical (unpaired) electrons. The van der Waals surface area contributed by atoms with Crippen LogP contribution in [0.2, 0.25) is 0 Å². The van der Waals surface area contributed by atoms with E-state index >= 15 is 0 Å². The highest BCUT2D eigenvalue weighted by Gasteiger charge is 2.34. The van der Waals surface area contributed by atoms with Crippen molar-refractivity contribution < 1.29 is 19.1 Å². The molecule has 0 bridgehead atoms. The van der Waals surface area contributed by atoms with Crippen LogP contribution in [0.5, 0.6) is 0 Å². The number of esters is 1. The van der Waals surface area contributed by atoms with Crippen LogP contribution >= 0.6 is 0 Å². The quantitative estimate of drug-likeness (QED) is 0.246. The molecule has 0 aromatic heterocycles. The van der Waals surface area contributed by atoms with Gasteiger partial charge in [0.25, 0.3) is 5.91 Å². The Balaban J connectivity index is 2.94. The number of hydrogen-bond acceptors (Lipinski definition) is 6. The zero-order chi connectivity index (χ0) is 16.8. The van der Waals surface area contributed by atoms with Crippen LogP contribution in [0.3, 0.4) is 0 Å². The van der Waals surface area contributed by atoms with Crippen molar-refractivity contribution in [3.05, 3.63) is 35.4 Å². The number of hydrazine groups is 1. The average molecular weight is 307 g/mol. The number of methoxy groups -OCH3 is 1. The summed E-state index contributed by atoms with van der Waals surface area (Å²) in [6.07, 6.45) is 1.07. The highest BCUT2D eigenvalue weighted by atomic mass is 16.5. The maximum atomic E-state index is 12.1. The van der Waals surface area contributed by atoms with E-state index in [1.807, 2.05) is 0 Å². The largest absolute Gasteiger partial charge is 0.465 e. The molecule has 7 heteroatoms. The SMILES string of the molecule is CNC(C)(CCc1ccccc1C(=O)OC)C(=O)N(N)C=O. The molecule has 1 rings (SSSR count). The van der Waals surface area contributed by atoms with Gasteiger partial charge >= 0.3 is 5.97 Å². The van der Waals surface area contributed by atoms with Crippen molar-refractivity contribution in [2.45, 2.75) is 25.3 Å². The fourth-order valence-corrected chi connectivity index (χ4v) is 2.10. The van der Waals surface area contributed by atoms with Crippen LogP contribution in [0.15, 0.2) is 24.3 Å². The number of nitrogens with one attached hydrogen (secondary N) is 1. The van der Waals surface area contributed by atoms with E-state index in [0.717, 1.165) is 5.56 Å². The lowest BCUT2D eigenvalue weighted by molar-refractivity contribution is -0.143. The molecule has 0 aliphatic carbocycles. The van der Waals surface area contributed by atoms with Gasteiger partial charge in [0.05, 0.1) is 18.2 Å². The highest BCUT2D eigenvalue weighted by molar-refractivity contribution is 5.93. The molecular formula is C15H21N3O4. The minimum absolute atomic E-state index is 0.264. The first kappa shape index (κ1) is 17.8. The van der Waals surface area contributed by atoms with Crippen molar-refractivity contribution >= 4 is 18.3 Å². The number of hydrogen-bond donors (Lipinski definition) is 2. The summed E-state index contributed by atoms with van der Waals surface area (Å²) >= 11 is 0. The molecule has 0 fully saturated rings. The summed E-state index contributed by atoms with van der Waals surface area (Å²) < 4.78 is 4.74. The van der Waals surface area contributed by atoms with E-state index in [2.05, 4.69) is 5.32 Å². The molecule has 0 spiro atoms. The van der Waals surface area contributed by atoms with Gasteiger partial charge in [-0.25, -0.2) is 15.6 Å². The van der Waals surface area contributed by atoms with E-state index in [4.69, 9.17) is 10.6 Å². The van der Waals surface area contributed by atoms with Crippen molar-refractivity contribution in [3.8, 4) is 0 Å². The van der Waals surface area contributed by atoms with Crippen molar-refractivity contribution in [1.29, 1.82) is 0 Å². The maximum absolute atomic E-state index is 12.1. The van der Waals surface area contributed by atoms with Gasteiger partial charge in [0, 0.05) is 0 Å². The number of rotatable bonds is 7. The highest BCUT2D eigenvalue weighted by Crippen LogP contribution is 2.19. The van der Waals surface area contributed by atoms with E-state index in [0.29, 0.717) is 23.4 Å². The van der Waals surface area contributed by atoms with Crippen LogP contribution in [-0.2, 0) is 20.7 Å². The van der Waals surface area contributed by atoms with Crippen LogP contribution in [0, 0.1) is 0 Å². The van der Waals surface area contributed by atoms with Gasteiger partial charge in [-0.05, 0) is 38.4 Å². The minimum atomic E-state index is -1.01. The Morgan fingerprint density at radius 2 is 2.05 bits per heavy atom. The third-order valence-corrected chi connectivity index (χ3v) is 3.69. The van der Waals surface area contributed by atoms with Crippen LogP contribution in [0.4, 0.5) is 0 Å². The number of ether oxygens (including phenoxy) is 1. The Bertz CT molecular complexity index is 561. The number of nitrogens with zero attached hydrogens (tertiary/aromatic N) is 1. The van der Waals surface area contributed by atoms with Gasteiger partial charge in [-0.3, -0.25) is 9.59 Å². The standard InChI is InChI=1S/C15H21N3O4/c1-15(17-2,14(21)18(16)10-19)9-8-11-6-4-5-7-12(11)13(20)22-3/h4-7,10,17H,8-9,16H2,1-3H3. The predicted molar refractivity (Wildman–Crippen MR) is 80.7 cm³/mol. The van der Waals surface area contributed by atoms with Gasteiger partial charge in [0.15, 0.2) is 0 Å². The summed E-state index contributed by atoms with van der Waals surface area (Å²) in [4.78, 5) is 34.5. The predicted octanol–water partition coefficient (Wildman–Crippen LogP) is 0.243. The van der Waals surface area contributed by atoms with Crippen molar-refractivity contribution in [1.82, 2.24) is 10.3 Å². The molecular weight excluding hydrogens is 286 g/mol. The Labute approximate surface area is 129 Å². The molecule has 0 saturated heterocycles. The number of aryl methyl sites for hydroxylation is 1. The van der Waals surface area contributed by atoms with Crippen LogP contribution in [0.1, 0.15) is 29.3 Å². The molecule has 0 aliphatic heterocycles. The topological polar surface area (TPSA) is 102 Å². The van der Waals surface area contributed by atoms with Gasteiger partial charge in [-0.2, -0.15) is 0 Å². The number of likely N-dealkylation sites (N-methyl/N-ethyl adjacent to an activating group) is 1. The molecule has 1 atom stereocenters. The summed E-state index contributed by atoms with van der Waals surface area (Å²) in [5.74, 6) is 4.38. The molecule has 1 unspecified atom stereocenters. The third-order valence-electron chi connectivity index (χ3n) is 3.69. The summed E-state index contributed by atoms with van der Waals surface area (Å²) in [5.41, 5.74) is 0.202. The van der Waals surface area contributed by atoms with Crippen molar-refractivity contribution in [2.75, 3.05) is 14.2 Å². The lowest BCUT2D eigenvalue weighted by Gasteiger charge is -2.29. The maximum Gasteiger partial charge on any atom is 0.338 e. The second-order valence-electron chi connectivity index (χ2n) is 5.05. The third kappa shape index (κ3) is 3.90. The smallest absolute Gasteiger partial charge is 0.338 e. The Hall–Kier alpha value is -2.25. The summed E-state index contributed by atoms with van der Waals surface area (Å²) in [7, 11) is 2.93. The molecule has 120 valence electrons. The monoisotopic (exact) mass is 307 g/mol. The van der Waals surface area contributed by atoms with Gasteiger partial charge in [-0.15, -0.1) is 0 Å². The first-order valence-electron chi connectivity index (χ1n) is 6.78. The number of benzene rings is 1. The van der Waals surface area contributed by atoms with E-state index < -0.39 is 17.4 Å². The molecule has 22 heavy (non-hydrogen) atoms. The zero-order valence-electron chi connectivity index (χ0n) is 13.0. The number of carbonyl (C=O) groups is 3. The molecule has 0 aliphatic rings.